The number of hydrogen-bond acceptors (Lipinski definition) is 5. The van der Waals surface area contributed by atoms with Gasteiger partial charge < -0.3 is 24.8 Å². The molecule has 0 aliphatic heterocycles. The number of carbonyl (C=O) groups excluding carboxylic acids is 2. The van der Waals surface area contributed by atoms with Gasteiger partial charge in [-0.1, -0.05) is 48.4 Å². The molecule has 2 amide bonds. The standard InChI is InChI=1S/C26H32N2O5/c1-5-17-31-23-13-11-21(12-14-23)15-16-27-25(29)24(28-26(30)33-19(2)3)20(4)32-18-22-9-7-6-8-10-22/h1,6-14,19-20,24H,15-18H2,2-4H3,(H,27,29)(H,28,30)/t20-,24+/m1/s1. The Kier molecular flexibility index (Phi) is 10.8. The van der Waals surface area contributed by atoms with Crippen molar-refractivity contribution in [2.75, 3.05) is 13.2 Å². The number of alkyl carbamates (subject to hydrolysis) is 1. The van der Waals surface area contributed by atoms with Gasteiger partial charge in [0, 0.05) is 6.54 Å². The van der Waals surface area contributed by atoms with Crippen LogP contribution in [-0.4, -0.2) is 43.4 Å². The van der Waals surface area contributed by atoms with Crippen LogP contribution >= 0.6 is 0 Å². The molecule has 2 atom stereocenters. The molecule has 0 aliphatic rings. The van der Waals surface area contributed by atoms with Gasteiger partial charge in [-0.3, -0.25) is 4.79 Å². The van der Waals surface area contributed by atoms with Crippen LogP contribution in [0.5, 0.6) is 5.75 Å². The van der Waals surface area contributed by atoms with Crippen molar-refractivity contribution >= 4 is 12.0 Å². The fourth-order valence-corrected chi connectivity index (χ4v) is 2.99. The molecule has 0 spiro atoms. The van der Waals surface area contributed by atoms with E-state index >= 15 is 0 Å². The van der Waals surface area contributed by atoms with Gasteiger partial charge in [0.2, 0.25) is 5.91 Å². The third-order valence-corrected chi connectivity index (χ3v) is 4.68. The molecule has 0 saturated carbocycles. The normalized spacial score (nSPS) is 12.3. The second-order valence-electron chi connectivity index (χ2n) is 7.76. The van der Waals surface area contributed by atoms with Crippen LogP contribution in [0, 0.1) is 12.3 Å². The van der Waals surface area contributed by atoms with E-state index in [1.165, 1.54) is 0 Å². The first-order valence-corrected chi connectivity index (χ1v) is 10.9. The van der Waals surface area contributed by atoms with Crippen molar-refractivity contribution in [2.45, 2.75) is 52.0 Å². The van der Waals surface area contributed by atoms with Gasteiger partial charge in [0.05, 0.1) is 18.8 Å². The Morgan fingerprint density at radius 3 is 2.33 bits per heavy atom. The maximum atomic E-state index is 12.9. The summed E-state index contributed by atoms with van der Waals surface area (Å²) >= 11 is 0. The van der Waals surface area contributed by atoms with Crippen molar-refractivity contribution < 1.29 is 23.8 Å². The van der Waals surface area contributed by atoms with E-state index in [0.29, 0.717) is 25.3 Å². The molecule has 176 valence electrons. The number of ether oxygens (including phenoxy) is 3. The number of benzene rings is 2. The summed E-state index contributed by atoms with van der Waals surface area (Å²) in [6, 6.07) is 16.2. The van der Waals surface area contributed by atoms with E-state index in [1.807, 2.05) is 54.6 Å². The molecule has 2 N–H and O–H groups in total. The minimum absolute atomic E-state index is 0.216. The quantitative estimate of drug-likeness (QED) is 0.482. The van der Waals surface area contributed by atoms with Crippen LogP contribution in [0.15, 0.2) is 54.6 Å². The first kappa shape index (κ1) is 25.8. The summed E-state index contributed by atoms with van der Waals surface area (Å²) in [6.45, 7) is 6.16. The van der Waals surface area contributed by atoms with Crippen LogP contribution in [0.3, 0.4) is 0 Å². The van der Waals surface area contributed by atoms with Crippen LogP contribution in [0.2, 0.25) is 0 Å². The second kappa shape index (κ2) is 13.8. The number of carbonyl (C=O) groups is 2. The highest BCUT2D eigenvalue weighted by molar-refractivity contribution is 5.86. The lowest BCUT2D eigenvalue weighted by molar-refractivity contribution is -0.127. The Bertz CT molecular complexity index is 907. The number of hydrogen-bond donors (Lipinski definition) is 2. The largest absolute Gasteiger partial charge is 0.481 e. The summed E-state index contributed by atoms with van der Waals surface area (Å²) in [4.78, 5) is 25.0. The number of terminal acetylenes is 1. The molecule has 0 unspecified atom stereocenters. The van der Waals surface area contributed by atoms with E-state index in [0.717, 1.165) is 11.1 Å². The number of rotatable bonds is 12. The highest BCUT2D eigenvalue weighted by Crippen LogP contribution is 2.12. The molecule has 0 bridgehead atoms. The molecule has 7 nitrogen and oxygen atoms in total. The summed E-state index contributed by atoms with van der Waals surface area (Å²) in [7, 11) is 0. The summed E-state index contributed by atoms with van der Waals surface area (Å²) < 4.78 is 16.4. The maximum Gasteiger partial charge on any atom is 0.408 e. The molecule has 0 fully saturated rings. The lowest BCUT2D eigenvalue weighted by Gasteiger charge is -2.25. The number of amides is 2. The Morgan fingerprint density at radius 2 is 1.70 bits per heavy atom. The van der Waals surface area contributed by atoms with Crippen molar-refractivity contribution in [3.05, 3.63) is 65.7 Å². The first-order valence-electron chi connectivity index (χ1n) is 10.9. The van der Waals surface area contributed by atoms with Gasteiger partial charge in [-0.15, -0.1) is 6.42 Å². The summed E-state index contributed by atoms with van der Waals surface area (Å²) in [5.41, 5.74) is 2.00. The maximum absolute atomic E-state index is 12.9. The Hall–Kier alpha value is -3.50. The SMILES string of the molecule is C#CCOc1ccc(CCNC(=O)[C@@H](NC(=O)OC(C)C)[C@@H](C)OCc2ccccc2)cc1. The van der Waals surface area contributed by atoms with Gasteiger partial charge in [-0.2, -0.15) is 0 Å². The second-order valence-corrected chi connectivity index (χ2v) is 7.76. The monoisotopic (exact) mass is 452 g/mol. The lowest BCUT2D eigenvalue weighted by Crippen LogP contribution is -2.53. The molecular formula is C26H32N2O5. The predicted octanol–water partition coefficient (Wildman–Crippen LogP) is 3.47. The zero-order chi connectivity index (χ0) is 24.1. The molecule has 0 radical (unpaired) electrons. The fourth-order valence-electron chi connectivity index (χ4n) is 2.99. The molecule has 2 rings (SSSR count). The van der Waals surface area contributed by atoms with E-state index in [9.17, 15) is 9.59 Å². The summed E-state index contributed by atoms with van der Waals surface area (Å²) in [5.74, 6) is 2.77. The average Bonchev–Trinajstić information content (AvgIpc) is 2.80. The minimum atomic E-state index is -0.903. The predicted molar refractivity (Wildman–Crippen MR) is 127 cm³/mol. The van der Waals surface area contributed by atoms with Crippen molar-refractivity contribution in [1.29, 1.82) is 0 Å². The van der Waals surface area contributed by atoms with Crippen LogP contribution < -0.4 is 15.4 Å². The average molecular weight is 453 g/mol. The van der Waals surface area contributed by atoms with Gasteiger partial charge in [0.25, 0.3) is 0 Å². The minimum Gasteiger partial charge on any atom is -0.481 e. The van der Waals surface area contributed by atoms with Gasteiger partial charge in [0.1, 0.15) is 18.4 Å². The first-order chi connectivity index (χ1) is 15.9. The Morgan fingerprint density at radius 1 is 1.00 bits per heavy atom. The lowest BCUT2D eigenvalue weighted by atomic mass is 10.1. The van der Waals surface area contributed by atoms with E-state index in [4.69, 9.17) is 20.6 Å². The van der Waals surface area contributed by atoms with Crippen molar-refractivity contribution in [2.24, 2.45) is 0 Å². The third kappa shape index (κ3) is 9.67. The third-order valence-electron chi connectivity index (χ3n) is 4.68. The van der Waals surface area contributed by atoms with Gasteiger partial charge in [-0.05, 0) is 50.5 Å². The molecule has 2 aromatic carbocycles. The van der Waals surface area contributed by atoms with E-state index in [1.54, 1.807) is 20.8 Å². The molecule has 33 heavy (non-hydrogen) atoms. The molecule has 0 aromatic heterocycles. The molecule has 7 heteroatoms. The van der Waals surface area contributed by atoms with Gasteiger partial charge in [0.15, 0.2) is 0 Å². The molecular weight excluding hydrogens is 420 g/mol. The van der Waals surface area contributed by atoms with Crippen molar-refractivity contribution in [1.82, 2.24) is 10.6 Å². The highest BCUT2D eigenvalue weighted by atomic mass is 16.6. The molecule has 0 aliphatic carbocycles. The van der Waals surface area contributed by atoms with Crippen LogP contribution in [0.25, 0.3) is 0 Å². The van der Waals surface area contributed by atoms with Crippen molar-refractivity contribution in [3.63, 3.8) is 0 Å². The summed E-state index contributed by atoms with van der Waals surface area (Å²) in [6.07, 6.45) is 4.26. The van der Waals surface area contributed by atoms with Crippen LogP contribution in [-0.2, 0) is 27.3 Å². The zero-order valence-corrected chi connectivity index (χ0v) is 19.4. The molecule has 2 aromatic rings. The van der Waals surface area contributed by atoms with Crippen molar-refractivity contribution in [3.8, 4) is 18.1 Å². The smallest absolute Gasteiger partial charge is 0.408 e. The van der Waals surface area contributed by atoms with E-state index in [-0.39, 0.29) is 18.6 Å². The summed E-state index contributed by atoms with van der Waals surface area (Å²) in [5, 5.41) is 5.50. The Balaban J connectivity index is 1.92. The van der Waals surface area contributed by atoms with Crippen LogP contribution in [0.4, 0.5) is 4.79 Å². The zero-order valence-electron chi connectivity index (χ0n) is 19.4. The number of nitrogens with one attached hydrogen (secondary N) is 2. The molecule has 0 saturated heterocycles. The highest BCUT2D eigenvalue weighted by Gasteiger charge is 2.28. The van der Waals surface area contributed by atoms with E-state index < -0.39 is 18.2 Å². The van der Waals surface area contributed by atoms with Crippen LogP contribution in [0.1, 0.15) is 31.9 Å². The molecule has 0 heterocycles. The fraction of sp³-hybridized carbons (Fsp3) is 0.385. The van der Waals surface area contributed by atoms with E-state index in [2.05, 4.69) is 16.6 Å². The topological polar surface area (TPSA) is 85.9 Å². The van der Waals surface area contributed by atoms with Gasteiger partial charge in [-0.25, -0.2) is 4.79 Å². The van der Waals surface area contributed by atoms with Gasteiger partial charge >= 0.3 is 6.09 Å². The Labute approximate surface area is 195 Å².